The number of oxime groups is 1. The SMILES string of the molecule is CC(=NO)c1cc(C(=O)O)c(F)c(-c2ccccc2)c1O. The second-order valence-electron chi connectivity index (χ2n) is 4.37. The molecule has 5 nitrogen and oxygen atoms in total. The van der Waals surface area contributed by atoms with E-state index in [4.69, 9.17) is 10.3 Å². The Kier molecular flexibility index (Phi) is 3.89. The van der Waals surface area contributed by atoms with Crippen LogP contribution in [0.15, 0.2) is 41.6 Å². The van der Waals surface area contributed by atoms with Crippen LogP contribution in [0.5, 0.6) is 5.75 Å². The Balaban J connectivity index is 2.86. The lowest BCUT2D eigenvalue weighted by molar-refractivity contribution is 0.0692. The van der Waals surface area contributed by atoms with Crippen LogP contribution in [-0.2, 0) is 0 Å². The molecule has 0 saturated heterocycles. The molecular formula is C15H12FNO4. The number of halogens is 1. The lowest BCUT2D eigenvalue weighted by Crippen LogP contribution is -2.07. The molecule has 0 unspecified atom stereocenters. The van der Waals surface area contributed by atoms with Gasteiger partial charge in [0, 0.05) is 5.56 Å². The number of phenolic OH excluding ortho intramolecular Hbond substituents is 1. The number of carboxylic acids is 1. The molecule has 2 aromatic rings. The van der Waals surface area contributed by atoms with Gasteiger partial charge in [-0.2, -0.15) is 0 Å². The molecule has 0 radical (unpaired) electrons. The van der Waals surface area contributed by atoms with Crippen LogP contribution in [0.25, 0.3) is 11.1 Å². The molecular weight excluding hydrogens is 277 g/mol. The number of hydrogen-bond donors (Lipinski definition) is 3. The van der Waals surface area contributed by atoms with Crippen molar-refractivity contribution in [2.24, 2.45) is 5.16 Å². The molecule has 0 amide bonds. The van der Waals surface area contributed by atoms with E-state index in [1.807, 2.05) is 0 Å². The predicted octanol–water partition coefficient (Wildman–Crippen LogP) is 3.09. The summed E-state index contributed by atoms with van der Waals surface area (Å²) in [4.78, 5) is 11.2. The van der Waals surface area contributed by atoms with Gasteiger partial charge in [0.05, 0.1) is 16.8 Å². The molecule has 0 aliphatic rings. The maximum Gasteiger partial charge on any atom is 0.338 e. The first-order valence-corrected chi connectivity index (χ1v) is 6.00. The molecule has 2 rings (SSSR count). The molecule has 0 aromatic heterocycles. The van der Waals surface area contributed by atoms with Gasteiger partial charge in [-0.3, -0.25) is 0 Å². The monoisotopic (exact) mass is 289 g/mol. The molecule has 0 bridgehead atoms. The molecule has 108 valence electrons. The van der Waals surface area contributed by atoms with Crippen molar-refractivity contribution in [2.75, 3.05) is 0 Å². The van der Waals surface area contributed by atoms with Crippen molar-refractivity contribution < 1.29 is 24.6 Å². The van der Waals surface area contributed by atoms with E-state index >= 15 is 0 Å². The van der Waals surface area contributed by atoms with Crippen LogP contribution in [0.1, 0.15) is 22.8 Å². The summed E-state index contributed by atoms with van der Waals surface area (Å²) in [7, 11) is 0. The molecule has 0 saturated carbocycles. The topological polar surface area (TPSA) is 90.1 Å². The molecule has 6 heteroatoms. The fourth-order valence-electron chi connectivity index (χ4n) is 2.00. The van der Waals surface area contributed by atoms with E-state index in [2.05, 4.69) is 5.16 Å². The molecule has 0 aliphatic carbocycles. The van der Waals surface area contributed by atoms with Gasteiger partial charge in [-0.25, -0.2) is 9.18 Å². The number of carbonyl (C=O) groups is 1. The molecule has 0 fully saturated rings. The summed E-state index contributed by atoms with van der Waals surface area (Å²) in [6.45, 7) is 1.37. The molecule has 0 aliphatic heterocycles. The van der Waals surface area contributed by atoms with Crippen LogP contribution in [0.4, 0.5) is 4.39 Å². The second-order valence-corrected chi connectivity index (χ2v) is 4.37. The Labute approximate surface area is 119 Å². The van der Waals surface area contributed by atoms with Crippen LogP contribution >= 0.6 is 0 Å². The number of benzene rings is 2. The number of aromatic carboxylic acids is 1. The smallest absolute Gasteiger partial charge is 0.338 e. The third kappa shape index (κ3) is 2.55. The summed E-state index contributed by atoms with van der Waals surface area (Å²) in [5.74, 6) is -2.99. The first-order valence-electron chi connectivity index (χ1n) is 6.00. The van der Waals surface area contributed by atoms with Gasteiger partial charge in [0.2, 0.25) is 0 Å². The summed E-state index contributed by atoms with van der Waals surface area (Å²) in [6.07, 6.45) is 0. The van der Waals surface area contributed by atoms with E-state index < -0.39 is 23.1 Å². The van der Waals surface area contributed by atoms with Crippen molar-refractivity contribution >= 4 is 11.7 Å². The molecule has 2 aromatic carbocycles. The molecule has 21 heavy (non-hydrogen) atoms. The van der Waals surface area contributed by atoms with E-state index in [9.17, 15) is 14.3 Å². The minimum atomic E-state index is -1.48. The highest BCUT2D eigenvalue weighted by atomic mass is 19.1. The minimum absolute atomic E-state index is 0.0211. The summed E-state index contributed by atoms with van der Waals surface area (Å²) >= 11 is 0. The van der Waals surface area contributed by atoms with Gasteiger partial charge in [-0.15, -0.1) is 0 Å². The fourth-order valence-corrected chi connectivity index (χ4v) is 2.00. The summed E-state index contributed by atoms with van der Waals surface area (Å²) < 4.78 is 14.4. The van der Waals surface area contributed by atoms with Crippen LogP contribution < -0.4 is 0 Å². The van der Waals surface area contributed by atoms with Crippen LogP contribution in [0.2, 0.25) is 0 Å². The third-order valence-electron chi connectivity index (χ3n) is 3.07. The number of nitrogens with zero attached hydrogens (tertiary/aromatic N) is 1. The van der Waals surface area contributed by atoms with Crippen molar-refractivity contribution in [3.8, 4) is 16.9 Å². The Morgan fingerprint density at radius 1 is 1.19 bits per heavy atom. The van der Waals surface area contributed by atoms with Gasteiger partial charge < -0.3 is 15.4 Å². The van der Waals surface area contributed by atoms with Gasteiger partial charge in [0.15, 0.2) is 0 Å². The summed E-state index contributed by atoms with van der Waals surface area (Å²) in [6, 6.07) is 9.00. The maximum atomic E-state index is 14.4. The average molecular weight is 289 g/mol. The zero-order valence-corrected chi connectivity index (χ0v) is 11.0. The maximum absolute atomic E-state index is 14.4. The Hall–Kier alpha value is -2.89. The fraction of sp³-hybridized carbons (Fsp3) is 0.0667. The average Bonchev–Trinajstić information content (AvgIpc) is 2.47. The first kappa shape index (κ1) is 14.5. The number of rotatable bonds is 3. The van der Waals surface area contributed by atoms with E-state index in [0.29, 0.717) is 5.56 Å². The third-order valence-corrected chi connectivity index (χ3v) is 3.07. The lowest BCUT2D eigenvalue weighted by Gasteiger charge is -2.13. The largest absolute Gasteiger partial charge is 0.506 e. The van der Waals surface area contributed by atoms with Crippen LogP contribution in [-0.4, -0.2) is 27.1 Å². The Bertz CT molecular complexity index is 726. The summed E-state index contributed by atoms with van der Waals surface area (Å²) in [5, 5.41) is 31.0. The van der Waals surface area contributed by atoms with E-state index in [-0.39, 0.29) is 16.8 Å². The lowest BCUT2D eigenvalue weighted by atomic mass is 9.95. The Morgan fingerprint density at radius 2 is 1.81 bits per heavy atom. The highest BCUT2D eigenvalue weighted by molar-refractivity contribution is 6.05. The van der Waals surface area contributed by atoms with Gasteiger partial charge in [0.1, 0.15) is 11.6 Å². The highest BCUT2D eigenvalue weighted by Gasteiger charge is 2.23. The zero-order chi connectivity index (χ0) is 15.6. The predicted molar refractivity (Wildman–Crippen MR) is 74.5 cm³/mol. The number of carboxylic acid groups (broad SMARTS) is 1. The number of aromatic hydroxyl groups is 1. The van der Waals surface area contributed by atoms with Crippen LogP contribution in [0.3, 0.4) is 0 Å². The van der Waals surface area contributed by atoms with E-state index in [1.165, 1.54) is 6.92 Å². The van der Waals surface area contributed by atoms with Gasteiger partial charge in [-0.1, -0.05) is 35.5 Å². The van der Waals surface area contributed by atoms with Crippen molar-refractivity contribution in [1.82, 2.24) is 0 Å². The normalized spacial score (nSPS) is 11.4. The van der Waals surface area contributed by atoms with E-state index in [0.717, 1.165) is 6.07 Å². The van der Waals surface area contributed by atoms with Crippen LogP contribution in [0, 0.1) is 5.82 Å². The van der Waals surface area contributed by atoms with Crippen molar-refractivity contribution in [1.29, 1.82) is 0 Å². The standard InChI is InChI=1S/C15H12FNO4/c1-8(17-21)10-7-11(15(19)20)13(16)12(14(10)18)9-5-3-2-4-6-9/h2-7,18,21H,1H3,(H,19,20). The Morgan fingerprint density at radius 3 is 2.33 bits per heavy atom. The summed E-state index contributed by atoms with van der Waals surface area (Å²) in [5.41, 5.74) is -0.594. The van der Waals surface area contributed by atoms with Gasteiger partial charge in [-0.05, 0) is 18.6 Å². The zero-order valence-electron chi connectivity index (χ0n) is 11.0. The van der Waals surface area contributed by atoms with Crippen molar-refractivity contribution in [3.05, 3.63) is 53.3 Å². The second kappa shape index (κ2) is 5.62. The number of hydrogen-bond acceptors (Lipinski definition) is 4. The van der Waals surface area contributed by atoms with E-state index in [1.54, 1.807) is 30.3 Å². The molecule has 0 heterocycles. The highest BCUT2D eigenvalue weighted by Crippen LogP contribution is 2.37. The quantitative estimate of drug-likeness (QED) is 0.460. The van der Waals surface area contributed by atoms with Crippen molar-refractivity contribution in [3.63, 3.8) is 0 Å². The van der Waals surface area contributed by atoms with Gasteiger partial charge >= 0.3 is 5.97 Å². The van der Waals surface area contributed by atoms with Gasteiger partial charge in [0.25, 0.3) is 0 Å². The molecule has 0 spiro atoms. The molecule has 3 N–H and O–H groups in total. The minimum Gasteiger partial charge on any atom is -0.506 e. The first-order chi connectivity index (χ1) is 9.97. The molecule has 0 atom stereocenters. The number of phenols is 1. The van der Waals surface area contributed by atoms with Crippen molar-refractivity contribution in [2.45, 2.75) is 6.92 Å².